The number of ether oxygens (including phenoxy) is 2. The van der Waals surface area contributed by atoms with Gasteiger partial charge in [-0.25, -0.2) is 9.37 Å². The van der Waals surface area contributed by atoms with Crippen molar-refractivity contribution in [3.63, 3.8) is 0 Å². The van der Waals surface area contributed by atoms with Gasteiger partial charge in [-0.1, -0.05) is 6.07 Å². The van der Waals surface area contributed by atoms with Crippen molar-refractivity contribution in [2.75, 3.05) is 7.11 Å². The lowest BCUT2D eigenvalue weighted by atomic mass is 10.1. The van der Waals surface area contributed by atoms with Gasteiger partial charge in [0.1, 0.15) is 12.3 Å². The molecule has 2 heterocycles. The fourth-order valence-corrected chi connectivity index (χ4v) is 4.20. The second-order valence-electron chi connectivity index (χ2n) is 6.15. The monoisotopic (exact) mass is 445 g/mol. The summed E-state index contributed by atoms with van der Waals surface area (Å²) in [5.74, 6) is -1.17. The number of benzene rings is 1. The fourth-order valence-electron chi connectivity index (χ4n) is 2.73. The number of nitrogens with zero attached hydrogens (tertiary/aromatic N) is 1. The van der Waals surface area contributed by atoms with Gasteiger partial charge in [0, 0.05) is 21.5 Å². The van der Waals surface area contributed by atoms with Crippen LogP contribution < -0.4 is 4.74 Å². The van der Waals surface area contributed by atoms with Crippen molar-refractivity contribution >= 4 is 40.0 Å². The van der Waals surface area contributed by atoms with Crippen molar-refractivity contribution in [2.24, 2.45) is 0 Å². The molecule has 10 heteroatoms. The molecule has 4 nitrogen and oxygen atoms in total. The number of fused-ring (bicyclic) bond motifs is 1. The van der Waals surface area contributed by atoms with Gasteiger partial charge in [0.25, 0.3) is 0 Å². The van der Waals surface area contributed by atoms with Crippen LogP contribution in [0.2, 0.25) is 0 Å². The van der Waals surface area contributed by atoms with E-state index in [1.54, 1.807) is 5.38 Å². The Labute approximate surface area is 172 Å². The Balaban J connectivity index is 1.86. The van der Waals surface area contributed by atoms with E-state index in [0.29, 0.717) is 21.4 Å². The maximum atomic E-state index is 14.9. The lowest BCUT2D eigenvalue weighted by Crippen LogP contribution is -2.10. The number of carbonyl (C=O) groups is 1. The molecule has 0 aliphatic rings. The van der Waals surface area contributed by atoms with Crippen molar-refractivity contribution in [2.45, 2.75) is 31.0 Å². The minimum absolute atomic E-state index is 0.0138. The molecular formula is C19H15F4NO3S2. The number of aromatic nitrogens is 1. The maximum absolute atomic E-state index is 14.9. The molecule has 3 rings (SSSR count). The molecule has 29 heavy (non-hydrogen) atoms. The van der Waals surface area contributed by atoms with Crippen LogP contribution >= 0.6 is 24.0 Å². The first kappa shape index (κ1) is 21.4. The molecule has 0 amide bonds. The number of hydrogen-bond donors (Lipinski definition) is 1. The number of rotatable bonds is 5. The fraction of sp³-hybridized carbons (Fsp3) is 0.263. The smallest absolute Gasteiger partial charge is 0.433 e. The molecule has 0 spiro atoms. The van der Waals surface area contributed by atoms with E-state index in [1.165, 1.54) is 26.2 Å². The molecule has 0 fully saturated rings. The first-order chi connectivity index (χ1) is 13.6. The Morgan fingerprint density at radius 1 is 1.28 bits per heavy atom. The number of hydrogen-bond acceptors (Lipinski definition) is 6. The van der Waals surface area contributed by atoms with E-state index in [0.717, 1.165) is 17.4 Å². The minimum atomic E-state index is -4.54. The quantitative estimate of drug-likeness (QED) is 0.327. The highest BCUT2D eigenvalue weighted by Gasteiger charge is 2.32. The second-order valence-corrected chi connectivity index (χ2v) is 7.51. The number of methoxy groups -OCH3 is 1. The molecule has 154 valence electrons. The van der Waals surface area contributed by atoms with Gasteiger partial charge in [0.05, 0.1) is 18.2 Å². The highest BCUT2D eigenvalue weighted by atomic mass is 32.1. The van der Waals surface area contributed by atoms with Gasteiger partial charge in [-0.15, -0.1) is 24.0 Å². The first-order valence-corrected chi connectivity index (χ1v) is 9.59. The summed E-state index contributed by atoms with van der Waals surface area (Å²) in [5, 5.41) is 2.15. The van der Waals surface area contributed by atoms with Crippen LogP contribution in [0.25, 0.3) is 10.1 Å². The number of halogens is 4. The SMILES string of the molecule is COC(=O)Cc1csc2c(F)c(OCc3ccc(C(F)(F)F)nc3C)cc(S)c12. The summed E-state index contributed by atoms with van der Waals surface area (Å²) in [7, 11) is 1.27. The van der Waals surface area contributed by atoms with Gasteiger partial charge >= 0.3 is 12.1 Å². The van der Waals surface area contributed by atoms with E-state index >= 15 is 0 Å². The average molecular weight is 445 g/mol. The second kappa shape index (κ2) is 8.19. The molecular weight excluding hydrogens is 430 g/mol. The van der Waals surface area contributed by atoms with Gasteiger partial charge in [-0.2, -0.15) is 13.2 Å². The van der Waals surface area contributed by atoms with E-state index in [1.807, 2.05) is 0 Å². The van der Waals surface area contributed by atoms with E-state index in [9.17, 15) is 22.4 Å². The third kappa shape index (κ3) is 4.48. The highest BCUT2D eigenvalue weighted by molar-refractivity contribution is 7.80. The number of thiophene rings is 1. The summed E-state index contributed by atoms with van der Waals surface area (Å²) in [5.41, 5.74) is 0.135. The largest absolute Gasteiger partial charge is 0.486 e. The molecule has 1 aromatic carbocycles. The minimum Gasteiger partial charge on any atom is -0.486 e. The van der Waals surface area contributed by atoms with E-state index in [4.69, 9.17) is 4.74 Å². The molecule has 0 N–H and O–H groups in total. The third-order valence-electron chi connectivity index (χ3n) is 4.24. The van der Waals surface area contributed by atoms with E-state index in [-0.39, 0.29) is 29.2 Å². The Hall–Kier alpha value is -2.33. The van der Waals surface area contributed by atoms with E-state index in [2.05, 4.69) is 22.3 Å². The molecule has 0 aliphatic heterocycles. The number of carbonyl (C=O) groups excluding carboxylic acids is 1. The van der Waals surface area contributed by atoms with Gasteiger partial charge in [0.2, 0.25) is 0 Å². The molecule has 3 aromatic rings. The van der Waals surface area contributed by atoms with Crippen molar-refractivity contribution in [1.82, 2.24) is 4.98 Å². The summed E-state index contributed by atoms with van der Waals surface area (Å²) in [6.45, 7) is 1.27. The van der Waals surface area contributed by atoms with Crippen molar-refractivity contribution in [3.05, 3.63) is 51.9 Å². The number of aryl methyl sites for hydroxylation is 1. The van der Waals surface area contributed by atoms with Crippen LogP contribution in [0.5, 0.6) is 5.75 Å². The zero-order valence-corrected chi connectivity index (χ0v) is 17.0. The van der Waals surface area contributed by atoms with Gasteiger partial charge < -0.3 is 9.47 Å². The maximum Gasteiger partial charge on any atom is 0.433 e. The predicted octanol–water partition coefficient (Wildman–Crippen LogP) is 5.35. The molecule has 0 atom stereocenters. The first-order valence-electron chi connectivity index (χ1n) is 8.26. The van der Waals surface area contributed by atoms with Gasteiger partial charge in [-0.05, 0) is 30.0 Å². The number of alkyl halides is 3. The van der Waals surface area contributed by atoms with Crippen molar-refractivity contribution in [1.29, 1.82) is 0 Å². The molecule has 0 radical (unpaired) electrons. The molecule has 0 saturated carbocycles. The van der Waals surface area contributed by atoms with Crippen LogP contribution in [0.3, 0.4) is 0 Å². The Kier molecular flexibility index (Phi) is 6.04. The van der Waals surface area contributed by atoms with Crippen molar-refractivity contribution < 1.29 is 31.8 Å². The van der Waals surface area contributed by atoms with Crippen LogP contribution in [0.4, 0.5) is 17.6 Å². The number of esters is 1. The molecule has 0 aliphatic carbocycles. The molecule has 0 saturated heterocycles. The van der Waals surface area contributed by atoms with Crippen LogP contribution in [0.1, 0.15) is 22.5 Å². The summed E-state index contributed by atoms with van der Waals surface area (Å²) >= 11 is 5.47. The zero-order valence-electron chi connectivity index (χ0n) is 15.3. The Morgan fingerprint density at radius 2 is 2.00 bits per heavy atom. The average Bonchev–Trinajstić information content (AvgIpc) is 3.07. The summed E-state index contributed by atoms with van der Waals surface area (Å²) in [6, 6.07) is 3.48. The topological polar surface area (TPSA) is 48.4 Å². The normalized spacial score (nSPS) is 11.7. The molecule has 0 unspecified atom stereocenters. The van der Waals surface area contributed by atoms with E-state index < -0.39 is 23.7 Å². The predicted molar refractivity (Wildman–Crippen MR) is 103 cm³/mol. The van der Waals surface area contributed by atoms with Crippen LogP contribution in [0.15, 0.2) is 28.5 Å². The van der Waals surface area contributed by atoms with Gasteiger partial charge in [0.15, 0.2) is 11.6 Å². The summed E-state index contributed by atoms with van der Waals surface area (Å²) in [4.78, 5) is 15.5. The number of thiol groups is 1. The summed E-state index contributed by atoms with van der Waals surface area (Å²) < 4.78 is 63.4. The molecule has 0 bridgehead atoms. The lowest BCUT2D eigenvalue weighted by Gasteiger charge is -2.13. The Morgan fingerprint density at radius 3 is 2.62 bits per heavy atom. The highest BCUT2D eigenvalue weighted by Crippen LogP contribution is 2.39. The molecule has 2 aromatic heterocycles. The number of pyridine rings is 1. The van der Waals surface area contributed by atoms with Crippen LogP contribution in [-0.2, 0) is 28.7 Å². The summed E-state index contributed by atoms with van der Waals surface area (Å²) in [6.07, 6.45) is -4.55. The standard InChI is InChI=1S/C19H15F4NO3S2/c1-9-10(3-4-14(24-9)19(21,22)23)7-27-12-6-13(28)16-11(5-15(25)26-2)8-29-18(16)17(12)20/h3-4,6,8,28H,5,7H2,1-2H3. The van der Waals surface area contributed by atoms with Crippen LogP contribution in [0, 0.1) is 12.7 Å². The zero-order chi connectivity index (χ0) is 21.3. The lowest BCUT2D eigenvalue weighted by molar-refractivity contribution is -0.141. The van der Waals surface area contributed by atoms with Gasteiger partial charge in [-0.3, -0.25) is 4.79 Å². The third-order valence-corrected chi connectivity index (χ3v) is 5.61. The van der Waals surface area contributed by atoms with Crippen molar-refractivity contribution in [3.8, 4) is 5.75 Å². The Bertz CT molecular complexity index is 1080. The van der Waals surface area contributed by atoms with Crippen LogP contribution in [-0.4, -0.2) is 18.1 Å².